The molecular weight excluding hydrogens is 270 g/mol. The van der Waals surface area contributed by atoms with Gasteiger partial charge in [-0.2, -0.15) is 5.10 Å². The highest BCUT2D eigenvalue weighted by molar-refractivity contribution is 7.80. The first-order valence-electron chi connectivity index (χ1n) is 7.89. The Morgan fingerprint density at radius 2 is 2.15 bits per heavy atom. The summed E-state index contributed by atoms with van der Waals surface area (Å²) in [5, 5.41) is 16.0. The second-order valence-electron chi connectivity index (χ2n) is 6.81. The molecule has 0 amide bonds. The van der Waals surface area contributed by atoms with Gasteiger partial charge in [0.05, 0.1) is 5.60 Å². The lowest BCUT2D eigenvalue weighted by Crippen LogP contribution is -2.61. The minimum Gasteiger partial charge on any atom is -0.389 e. The van der Waals surface area contributed by atoms with Crippen molar-refractivity contribution in [3.8, 4) is 0 Å². The van der Waals surface area contributed by atoms with Crippen LogP contribution in [0.1, 0.15) is 51.9 Å². The minimum absolute atomic E-state index is 0.199. The highest BCUT2D eigenvalue weighted by Crippen LogP contribution is 2.55. The Labute approximate surface area is 126 Å². The van der Waals surface area contributed by atoms with E-state index in [1.807, 2.05) is 0 Å². The Bertz CT molecular complexity index is 439. The van der Waals surface area contributed by atoms with E-state index < -0.39 is 5.60 Å². The van der Waals surface area contributed by atoms with Crippen LogP contribution in [0.5, 0.6) is 0 Å². The van der Waals surface area contributed by atoms with E-state index in [1.165, 1.54) is 25.7 Å². The summed E-state index contributed by atoms with van der Waals surface area (Å²) in [4.78, 5) is 0. The number of nitrogens with one attached hydrogen (secondary N) is 1. The van der Waals surface area contributed by atoms with E-state index in [1.54, 1.807) is 0 Å². The van der Waals surface area contributed by atoms with Crippen molar-refractivity contribution in [1.82, 2.24) is 5.43 Å². The average Bonchev–Trinajstić information content (AvgIpc) is 2.43. The maximum absolute atomic E-state index is 11.3. The maximum atomic E-state index is 11.3. The van der Waals surface area contributed by atoms with Crippen LogP contribution in [-0.2, 0) is 0 Å². The SMILES string of the molecule is CC1C2CCCC(C2=NNC(N)=S)C2(O)CCCCC12. The highest BCUT2D eigenvalue weighted by Gasteiger charge is 2.57. The third-order valence-electron chi connectivity index (χ3n) is 5.90. The molecule has 3 aliphatic carbocycles. The molecule has 112 valence electrons. The molecule has 0 saturated heterocycles. The predicted molar refractivity (Wildman–Crippen MR) is 84.3 cm³/mol. The van der Waals surface area contributed by atoms with E-state index in [4.69, 9.17) is 18.0 Å². The van der Waals surface area contributed by atoms with Crippen LogP contribution >= 0.6 is 12.2 Å². The van der Waals surface area contributed by atoms with Crippen molar-refractivity contribution in [2.45, 2.75) is 57.5 Å². The molecule has 0 aromatic carbocycles. The van der Waals surface area contributed by atoms with Crippen LogP contribution in [-0.4, -0.2) is 21.5 Å². The molecule has 4 N–H and O–H groups in total. The molecule has 3 fully saturated rings. The molecule has 0 radical (unpaired) electrons. The molecule has 3 aliphatic rings. The summed E-state index contributed by atoms with van der Waals surface area (Å²) in [6, 6.07) is 0. The fourth-order valence-corrected chi connectivity index (χ4v) is 5.10. The number of nitrogens with zero attached hydrogens (tertiary/aromatic N) is 1. The Morgan fingerprint density at radius 1 is 1.35 bits per heavy atom. The third-order valence-corrected chi connectivity index (χ3v) is 5.99. The molecule has 0 aliphatic heterocycles. The van der Waals surface area contributed by atoms with Gasteiger partial charge in [0.1, 0.15) is 0 Å². The molecule has 5 atom stereocenters. The molecule has 0 heterocycles. The van der Waals surface area contributed by atoms with E-state index in [9.17, 15) is 5.11 Å². The van der Waals surface area contributed by atoms with Crippen LogP contribution < -0.4 is 11.2 Å². The Hall–Kier alpha value is -0.680. The number of aliphatic hydroxyl groups is 1. The van der Waals surface area contributed by atoms with Gasteiger partial charge in [0.15, 0.2) is 5.11 Å². The Balaban J connectivity index is 1.96. The average molecular weight is 295 g/mol. The number of fused-ring (bicyclic) bond motifs is 4. The van der Waals surface area contributed by atoms with Crippen LogP contribution in [0.15, 0.2) is 5.10 Å². The lowest BCUT2D eigenvalue weighted by atomic mass is 9.51. The van der Waals surface area contributed by atoms with Gasteiger partial charge in [0, 0.05) is 17.5 Å². The number of hydrogen-bond acceptors (Lipinski definition) is 3. The first kappa shape index (κ1) is 14.3. The van der Waals surface area contributed by atoms with Crippen molar-refractivity contribution in [3.63, 3.8) is 0 Å². The standard InChI is InChI=1S/C15H25N3OS/c1-9-10-5-4-7-12(13(10)17-18-14(16)20)15(19)8-3-2-6-11(9)15/h9-12,19H,2-8H2,1H3,(H3,16,18,20). The van der Waals surface area contributed by atoms with Gasteiger partial charge < -0.3 is 10.8 Å². The monoisotopic (exact) mass is 295 g/mol. The molecule has 4 nitrogen and oxygen atoms in total. The summed E-state index contributed by atoms with van der Waals surface area (Å²) in [5.74, 6) is 1.63. The number of hydrazone groups is 1. The summed E-state index contributed by atoms with van der Waals surface area (Å²) < 4.78 is 0. The van der Waals surface area contributed by atoms with Gasteiger partial charge in [-0.05, 0) is 49.7 Å². The van der Waals surface area contributed by atoms with Crippen LogP contribution in [0.3, 0.4) is 0 Å². The zero-order chi connectivity index (χ0) is 14.3. The van der Waals surface area contributed by atoms with Crippen LogP contribution in [0.2, 0.25) is 0 Å². The first-order valence-corrected chi connectivity index (χ1v) is 8.30. The van der Waals surface area contributed by atoms with Gasteiger partial charge in [-0.15, -0.1) is 0 Å². The smallest absolute Gasteiger partial charge is 0.184 e. The van der Waals surface area contributed by atoms with Crippen LogP contribution in [0, 0.1) is 23.7 Å². The maximum Gasteiger partial charge on any atom is 0.184 e. The molecule has 0 aromatic rings. The van der Waals surface area contributed by atoms with E-state index in [2.05, 4.69) is 17.5 Å². The largest absolute Gasteiger partial charge is 0.389 e. The lowest BCUT2D eigenvalue weighted by Gasteiger charge is -2.57. The van der Waals surface area contributed by atoms with Gasteiger partial charge >= 0.3 is 0 Å². The quantitative estimate of drug-likeness (QED) is 0.512. The summed E-state index contributed by atoms with van der Waals surface area (Å²) in [6.45, 7) is 2.30. The van der Waals surface area contributed by atoms with Gasteiger partial charge in [-0.25, -0.2) is 0 Å². The lowest BCUT2D eigenvalue weighted by molar-refractivity contribution is -0.122. The third kappa shape index (κ3) is 2.15. The number of hydrogen-bond donors (Lipinski definition) is 3. The van der Waals surface area contributed by atoms with Crippen molar-refractivity contribution >= 4 is 23.0 Å². The fourth-order valence-electron chi connectivity index (χ4n) is 5.05. The van der Waals surface area contributed by atoms with Gasteiger partial charge in [-0.3, -0.25) is 5.43 Å². The molecule has 5 unspecified atom stereocenters. The van der Waals surface area contributed by atoms with Crippen molar-refractivity contribution in [3.05, 3.63) is 0 Å². The van der Waals surface area contributed by atoms with Crippen molar-refractivity contribution < 1.29 is 5.11 Å². The second kappa shape index (κ2) is 5.26. The molecule has 3 saturated carbocycles. The molecule has 0 aromatic heterocycles. The first-order chi connectivity index (χ1) is 9.54. The number of rotatable bonds is 1. The number of thiocarbonyl (C=S) groups is 1. The highest BCUT2D eigenvalue weighted by atomic mass is 32.1. The summed E-state index contributed by atoms with van der Waals surface area (Å²) in [7, 11) is 0. The molecule has 3 rings (SSSR count). The molecule has 5 heteroatoms. The van der Waals surface area contributed by atoms with Crippen molar-refractivity contribution in [2.24, 2.45) is 34.5 Å². The molecule has 2 bridgehead atoms. The van der Waals surface area contributed by atoms with Crippen molar-refractivity contribution in [2.75, 3.05) is 0 Å². The van der Waals surface area contributed by atoms with E-state index >= 15 is 0 Å². The van der Waals surface area contributed by atoms with E-state index in [0.29, 0.717) is 17.8 Å². The van der Waals surface area contributed by atoms with Crippen LogP contribution in [0.25, 0.3) is 0 Å². The van der Waals surface area contributed by atoms with Gasteiger partial charge in [-0.1, -0.05) is 26.2 Å². The topological polar surface area (TPSA) is 70.6 Å². The minimum atomic E-state index is -0.550. The molecular formula is C15H25N3OS. The predicted octanol–water partition coefficient (Wildman–Crippen LogP) is 2.16. The Kier molecular flexibility index (Phi) is 3.75. The molecule has 0 spiro atoms. The van der Waals surface area contributed by atoms with E-state index in [-0.39, 0.29) is 11.0 Å². The fraction of sp³-hybridized carbons (Fsp3) is 0.867. The zero-order valence-corrected chi connectivity index (χ0v) is 13.0. The number of nitrogens with two attached hydrogens (primary N) is 1. The van der Waals surface area contributed by atoms with E-state index in [0.717, 1.165) is 25.0 Å². The van der Waals surface area contributed by atoms with Gasteiger partial charge in [0.2, 0.25) is 0 Å². The molecule has 20 heavy (non-hydrogen) atoms. The Morgan fingerprint density at radius 3 is 2.90 bits per heavy atom. The summed E-state index contributed by atoms with van der Waals surface area (Å²) in [5.41, 5.74) is 8.85. The summed E-state index contributed by atoms with van der Waals surface area (Å²) in [6.07, 6.45) is 7.91. The second-order valence-corrected chi connectivity index (χ2v) is 7.25. The van der Waals surface area contributed by atoms with Crippen LogP contribution in [0.4, 0.5) is 0 Å². The van der Waals surface area contributed by atoms with Gasteiger partial charge in [0.25, 0.3) is 0 Å². The summed E-state index contributed by atoms with van der Waals surface area (Å²) >= 11 is 4.86. The normalized spacial score (nSPS) is 45.8. The van der Waals surface area contributed by atoms with Crippen molar-refractivity contribution in [1.29, 1.82) is 0 Å². The zero-order valence-electron chi connectivity index (χ0n) is 12.1.